The first-order valence-corrected chi connectivity index (χ1v) is 6.99. The Labute approximate surface area is 110 Å². The number of hydrogen-bond donors (Lipinski definition) is 3. The van der Waals surface area contributed by atoms with Gasteiger partial charge in [0.05, 0.1) is 12.6 Å². The SMILES string of the molecule is CCC(CO)NC(=O)NCCC1CCN(C)CC1. The highest BCUT2D eigenvalue weighted by atomic mass is 16.3. The van der Waals surface area contributed by atoms with E-state index in [0.717, 1.165) is 25.3 Å². The summed E-state index contributed by atoms with van der Waals surface area (Å²) in [5, 5.41) is 14.6. The van der Waals surface area contributed by atoms with Crippen LogP contribution in [0.3, 0.4) is 0 Å². The minimum absolute atomic E-state index is 0.00111. The van der Waals surface area contributed by atoms with E-state index in [1.54, 1.807) is 0 Å². The highest BCUT2D eigenvalue weighted by Gasteiger charge is 2.16. The Morgan fingerprint density at radius 1 is 1.44 bits per heavy atom. The fourth-order valence-corrected chi connectivity index (χ4v) is 2.25. The lowest BCUT2D eigenvalue weighted by Gasteiger charge is -2.28. The number of rotatable bonds is 6. The fraction of sp³-hybridized carbons (Fsp3) is 0.923. The Kier molecular flexibility index (Phi) is 7.05. The molecule has 0 aromatic carbocycles. The lowest BCUT2D eigenvalue weighted by Crippen LogP contribution is -2.44. The van der Waals surface area contributed by atoms with Gasteiger partial charge in [-0.1, -0.05) is 6.92 Å². The number of carbonyl (C=O) groups is 1. The molecule has 0 radical (unpaired) electrons. The van der Waals surface area contributed by atoms with Gasteiger partial charge in [-0.05, 0) is 51.7 Å². The van der Waals surface area contributed by atoms with Crippen LogP contribution in [0, 0.1) is 5.92 Å². The first kappa shape index (κ1) is 15.2. The van der Waals surface area contributed by atoms with Gasteiger partial charge in [-0.15, -0.1) is 0 Å². The first-order valence-electron chi connectivity index (χ1n) is 6.99. The largest absolute Gasteiger partial charge is 0.394 e. The van der Waals surface area contributed by atoms with Gasteiger partial charge in [-0.3, -0.25) is 0 Å². The number of nitrogens with zero attached hydrogens (tertiary/aromatic N) is 1. The summed E-state index contributed by atoms with van der Waals surface area (Å²) in [7, 11) is 2.15. The van der Waals surface area contributed by atoms with E-state index in [1.807, 2.05) is 6.92 Å². The smallest absolute Gasteiger partial charge is 0.315 e. The zero-order valence-corrected chi connectivity index (χ0v) is 11.6. The van der Waals surface area contributed by atoms with Crippen LogP contribution < -0.4 is 10.6 Å². The van der Waals surface area contributed by atoms with E-state index in [-0.39, 0.29) is 18.7 Å². The van der Waals surface area contributed by atoms with E-state index >= 15 is 0 Å². The average Bonchev–Trinajstić information content (AvgIpc) is 2.38. The molecule has 1 saturated heterocycles. The minimum atomic E-state index is -0.163. The van der Waals surface area contributed by atoms with E-state index in [0.29, 0.717) is 0 Å². The molecule has 3 N–H and O–H groups in total. The van der Waals surface area contributed by atoms with E-state index in [2.05, 4.69) is 22.6 Å². The maximum absolute atomic E-state index is 11.5. The molecule has 18 heavy (non-hydrogen) atoms. The molecule has 1 fully saturated rings. The van der Waals surface area contributed by atoms with Gasteiger partial charge in [-0.25, -0.2) is 4.79 Å². The van der Waals surface area contributed by atoms with Crippen molar-refractivity contribution in [3.05, 3.63) is 0 Å². The lowest BCUT2D eigenvalue weighted by atomic mass is 9.94. The molecule has 5 heteroatoms. The molecule has 1 heterocycles. The average molecular weight is 257 g/mol. The fourth-order valence-electron chi connectivity index (χ4n) is 2.25. The molecule has 106 valence electrons. The molecule has 2 amide bonds. The summed E-state index contributed by atoms with van der Waals surface area (Å²) in [4.78, 5) is 13.9. The summed E-state index contributed by atoms with van der Waals surface area (Å²) in [5.74, 6) is 0.737. The van der Waals surface area contributed by atoms with Crippen molar-refractivity contribution in [3.63, 3.8) is 0 Å². The summed E-state index contributed by atoms with van der Waals surface area (Å²) in [6, 6.07) is -0.294. The molecule has 0 aliphatic carbocycles. The number of hydrogen-bond acceptors (Lipinski definition) is 3. The van der Waals surface area contributed by atoms with Crippen molar-refractivity contribution < 1.29 is 9.90 Å². The molecule has 0 aromatic rings. The molecule has 1 aliphatic heterocycles. The van der Waals surface area contributed by atoms with E-state index in [9.17, 15) is 4.79 Å². The third-order valence-electron chi connectivity index (χ3n) is 3.72. The Bertz CT molecular complexity index is 236. The van der Waals surface area contributed by atoms with Crippen LogP contribution in [0.25, 0.3) is 0 Å². The Hall–Kier alpha value is -0.810. The van der Waals surface area contributed by atoms with E-state index < -0.39 is 0 Å². The van der Waals surface area contributed by atoms with Crippen molar-refractivity contribution >= 4 is 6.03 Å². The van der Waals surface area contributed by atoms with Crippen molar-refractivity contribution in [2.24, 2.45) is 5.92 Å². The topological polar surface area (TPSA) is 64.6 Å². The summed E-state index contributed by atoms with van der Waals surface area (Å²) >= 11 is 0. The third-order valence-corrected chi connectivity index (χ3v) is 3.72. The molecule has 0 saturated carbocycles. The summed E-state index contributed by atoms with van der Waals surface area (Å²) in [5.41, 5.74) is 0. The number of nitrogens with one attached hydrogen (secondary N) is 2. The maximum Gasteiger partial charge on any atom is 0.315 e. The predicted molar refractivity (Wildman–Crippen MR) is 72.5 cm³/mol. The Balaban J connectivity index is 2.08. The number of amides is 2. The van der Waals surface area contributed by atoms with Crippen molar-refractivity contribution in [2.75, 3.05) is 33.3 Å². The molecule has 1 rings (SSSR count). The van der Waals surface area contributed by atoms with Gasteiger partial charge in [0.2, 0.25) is 0 Å². The predicted octanol–water partition coefficient (Wildman–Crippen LogP) is 0.788. The molecule has 0 spiro atoms. The summed E-state index contributed by atoms with van der Waals surface area (Å²) in [6.07, 6.45) is 4.26. The second kappa shape index (κ2) is 8.32. The lowest BCUT2D eigenvalue weighted by molar-refractivity contribution is 0.204. The zero-order chi connectivity index (χ0) is 13.4. The van der Waals surface area contributed by atoms with Crippen LogP contribution >= 0.6 is 0 Å². The van der Waals surface area contributed by atoms with Gasteiger partial charge in [-0.2, -0.15) is 0 Å². The normalized spacial score (nSPS) is 19.5. The van der Waals surface area contributed by atoms with Crippen LogP contribution in [0.1, 0.15) is 32.6 Å². The van der Waals surface area contributed by atoms with Crippen LogP contribution in [0.15, 0.2) is 0 Å². The van der Waals surface area contributed by atoms with E-state index in [1.165, 1.54) is 25.9 Å². The number of piperidine rings is 1. The second-order valence-electron chi connectivity index (χ2n) is 5.22. The molecule has 5 nitrogen and oxygen atoms in total. The molecule has 0 aromatic heterocycles. The number of aliphatic hydroxyl groups is 1. The molecule has 1 atom stereocenters. The van der Waals surface area contributed by atoms with Crippen molar-refractivity contribution in [2.45, 2.75) is 38.6 Å². The third kappa shape index (κ3) is 5.69. The number of carbonyl (C=O) groups excluding carboxylic acids is 1. The van der Waals surface area contributed by atoms with Gasteiger partial charge in [0.1, 0.15) is 0 Å². The molecule has 1 unspecified atom stereocenters. The number of aliphatic hydroxyl groups excluding tert-OH is 1. The van der Waals surface area contributed by atoms with Crippen molar-refractivity contribution in [3.8, 4) is 0 Å². The second-order valence-corrected chi connectivity index (χ2v) is 5.22. The van der Waals surface area contributed by atoms with Crippen LogP contribution in [0.4, 0.5) is 4.79 Å². The minimum Gasteiger partial charge on any atom is -0.394 e. The van der Waals surface area contributed by atoms with E-state index in [4.69, 9.17) is 5.11 Å². The van der Waals surface area contributed by atoms with Crippen molar-refractivity contribution in [1.29, 1.82) is 0 Å². The van der Waals surface area contributed by atoms with Gasteiger partial charge in [0.15, 0.2) is 0 Å². The van der Waals surface area contributed by atoms with Crippen LogP contribution in [0.5, 0.6) is 0 Å². The standard InChI is InChI=1S/C13H27N3O2/c1-3-12(10-17)15-13(18)14-7-4-11-5-8-16(2)9-6-11/h11-12,17H,3-10H2,1-2H3,(H2,14,15,18). The quantitative estimate of drug-likeness (QED) is 0.659. The Morgan fingerprint density at radius 3 is 2.67 bits per heavy atom. The highest BCUT2D eigenvalue weighted by Crippen LogP contribution is 2.18. The first-order chi connectivity index (χ1) is 8.65. The van der Waals surface area contributed by atoms with Crippen LogP contribution in [-0.2, 0) is 0 Å². The Morgan fingerprint density at radius 2 is 2.11 bits per heavy atom. The summed E-state index contributed by atoms with van der Waals surface area (Å²) < 4.78 is 0. The van der Waals surface area contributed by atoms with Gasteiger partial charge >= 0.3 is 6.03 Å². The van der Waals surface area contributed by atoms with Gasteiger partial charge in [0.25, 0.3) is 0 Å². The van der Waals surface area contributed by atoms with Gasteiger partial charge < -0.3 is 20.6 Å². The molecule has 1 aliphatic rings. The monoisotopic (exact) mass is 257 g/mol. The molecular weight excluding hydrogens is 230 g/mol. The zero-order valence-electron chi connectivity index (χ0n) is 11.6. The summed E-state index contributed by atoms with van der Waals surface area (Å²) in [6.45, 7) is 5.00. The number of urea groups is 1. The molecular formula is C13H27N3O2. The maximum atomic E-state index is 11.5. The van der Waals surface area contributed by atoms with Crippen molar-refractivity contribution in [1.82, 2.24) is 15.5 Å². The van der Waals surface area contributed by atoms with Gasteiger partial charge in [0, 0.05) is 6.54 Å². The van der Waals surface area contributed by atoms with Crippen LogP contribution in [0.2, 0.25) is 0 Å². The number of likely N-dealkylation sites (tertiary alicyclic amines) is 1. The highest BCUT2D eigenvalue weighted by molar-refractivity contribution is 5.74. The molecule has 0 bridgehead atoms. The van der Waals surface area contributed by atoms with Crippen LogP contribution in [-0.4, -0.2) is 55.4 Å².